The van der Waals surface area contributed by atoms with Crippen molar-refractivity contribution in [3.8, 4) is 22.7 Å². The highest BCUT2D eigenvalue weighted by atomic mass is 35.5. The van der Waals surface area contributed by atoms with E-state index in [9.17, 15) is 20.0 Å². The van der Waals surface area contributed by atoms with Crippen molar-refractivity contribution < 1.29 is 19.2 Å². The number of furan rings is 1. The van der Waals surface area contributed by atoms with Gasteiger partial charge in [0.05, 0.1) is 10.5 Å². The Morgan fingerprint density at radius 3 is 2.51 bits per heavy atom. The van der Waals surface area contributed by atoms with Gasteiger partial charge in [-0.25, -0.2) is 4.79 Å². The fraction of sp³-hybridized carbons (Fsp3) is 0.0870. The molecule has 0 bridgehead atoms. The third-order valence-electron chi connectivity index (χ3n) is 4.87. The summed E-state index contributed by atoms with van der Waals surface area (Å²) in [4.78, 5) is 22.7. The van der Waals surface area contributed by atoms with Crippen LogP contribution in [-0.4, -0.2) is 30.8 Å². The highest BCUT2D eigenvalue weighted by Gasteiger charge is 2.21. The van der Waals surface area contributed by atoms with Crippen LogP contribution in [0.2, 0.25) is 10.0 Å². The topological polar surface area (TPSA) is 124 Å². The van der Waals surface area contributed by atoms with Crippen LogP contribution in [0.3, 0.4) is 0 Å². The van der Waals surface area contributed by atoms with Gasteiger partial charge in [0.15, 0.2) is 11.0 Å². The number of thioether (sulfide) groups is 1. The summed E-state index contributed by atoms with van der Waals surface area (Å²) in [6.45, 7) is 2.40. The zero-order chi connectivity index (χ0) is 25.1. The van der Waals surface area contributed by atoms with Crippen LogP contribution in [0.15, 0.2) is 69.1 Å². The number of carboxylic acid groups (broad SMARTS) is 1. The maximum absolute atomic E-state index is 12.0. The molecule has 0 unspecified atom stereocenters. The summed E-state index contributed by atoms with van der Waals surface area (Å²) < 4.78 is 7.49. The first-order valence-electron chi connectivity index (χ1n) is 10.1. The van der Waals surface area contributed by atoms with E-state index in [1.54, 1.807) is 28.8 Å². The lowest BCUT2D eigenvalue weighted by atomic mass is 10.1. The van der Waals surface area contributed by atoms with Crippen LogP contribution in [0, 0.1) is 10.1 Å². The molecule has 0 spiro atoms. The number of hydrogen-bond acceptors (Lipinski definition) is 7. The summed E-state index contributed by atoms with van der Waals surface area (Å²) in [6.07, 6.45) is 1.33. The third kappa shape index (κ3) is 5.40. The van der Waals surface area contributed by atoms with Crippen LogP contribution in [0.5, 0.6) is 0 Å². The highest BCUT2D eigenvalue weighted by Crippen LogP contribution is 2.35. The maximum atomic E-state index is 12.0. The first-order chi connectivity index (χ1) is 16.8. The molecule has 0 amide bonds. The highest BCUT2D eigenvalue weighted by molar-refractivity contribution is 8.04. The van der Waals surface area contributed by atoms with Crippen molar-refractivity contribution in [1.29, 1.82) is 0 Å². The zero-order valence-corrected chi connectivity index (χ0v) is 20.3. The fourth-order valence-corrected chi connectivity index (χ4v) is 4.42. The van der Waals surface area contributed by atoms with E-state index < -0.39 is 10.9 Å². The van der Waals surface area contributed by atoms with Gasteiger partial charge in [0.25, 0.3) is 5.69 Å². The van der Waals surface area contributed by atoms with Crippen LogP contribution < -0.4 is 0 Å². The van der Waals surface area contributed by atoms with Gasteiger partial charge in [-0.1, -0.05) is 23.2 Å². The number of aromatic nitrogens is 3. The molecular formula is C23H16Cl2N4O5S. The first-order valence-corrected chi connectivity index (χ1v) is 11.7. The SMILES string of the molecule is CCn1c(S/C(=C\c2ccc(-c3ccc(Cl)cc3[N+](=O)[O-])o2)C(=O)O)nnc1-c1ccc(Cl)cc1. The molecule has 0 atom stereocenters. The van der Waals surface area contributed by atoms with Gasteiger partial charge < -0.3 is 14.1 Å². The van der Waals surface area contributed by atoms with Crippen LogP contribution in [0.4, 0.5) is 5.69 Å². The molecule has 178 valence electrons. The zero-order valence-electron chi connectivity index (χ0n) is 18.0. The average Bonchev–Trinajstić information content (AvgIpc) is 3.46. The van der Waals surface area contributed by atoms with E-state index in [-0.39, 0.29) is 32.7 Å². The largest absolute Gasteiger partial charge is 0.477 e. The molecule has 35 heavy (non-hydrogen) atoms. The van der Waals surface area contributed by atoms with Gasteiger partial charge in [-0.2, -0.15) is 0 Å². The van der Waals surface area contributed by atoms with Crippen molar-refractivity contribution in [3.05, 3.63) is 85.4 Å². The molecule has 4 aromatic rings. The number of nitro groups is 1. The Labute approximate surface area is 213 Å². The maximum Gasteiger partial charge on any atom is 0.342 e. The van der Waals surface area contributed by atoms with E-state index in [2.05, 4.69) is 10.2 Å². The molecule has 4 rings (SSSR count). The molecule has 0 saturated heterocycles. The first kappa shape index (κ1) is 24.5. The van der Waals surface area contributed by atoms with Gasteiger partial charge >= 0.3 is 5.97 Å². The van der Waals surface area contributed by atoms with E-state index in [1.165, 1.54) is 36.4 Å². The summed E-state index contributed by atoms with van der Waals surface area (Å²) >= 11 is 12.8. The molecule has 0 aliphatic carbocycles. The predicted octanol–water partition coefficient (Wildman–Crippen LogP) is 6.66. The van der Waals surface area contributed by atoms with Crippen LogP contribution in [0.1, 0.15) is 12.7 Å². The van der Waals surface area contributed by atoms with Crippen molar-refractivity contribution in [2.24, 2.45) is 0 Å². The lowest BCUT2D eigenvalue weighted by Gasteiger charge is -2.07. The number of nitro benzene ring substituents is 1. The molecule has 0 saturated carbocycles. The third-order valence-corrected chi connectivity index (χ3v) is 6.35. The van der Waals surface area contributed by atoms with Gasteiger partial charge in [-0.3, -0.25) is 10.1 Å². The molecule has 0 radical (unpaired) electrons. The van der Waals surface area contributed by atoms with E-state index in [0.29, 0.717) is 22.5 Å². The van der Waals surface area contributed by atoms with E-state index in [1.807, 2.05) is 6.92 Å². The minimum Gasteiger partial charge on any atom is -0.477 e. The van der Waals surface area contributed by atoms with Gasteiger partial charge in [0, 0.05) is 34.3 Å². The molecule has 0 aliphatic heterocycles. The molecular weight excluding hydrogens is 515 g/mol. The van der Waals surface area contributed by atoms with Gasteiger partial charge in [0.2, 0.25) is 0 Å². The standard InChI is InChI=1S/C23H16Cl2N4O5S/c1-2-28-21(13-3-5-14(24)6-4-13)26-27-23(28)35-20(22(30)31)12-16-8-10-19(34-16)17-9-7-15(25)11-18(17)29(32)33/h3-12H,2H2,1H3,(H,30,31)/b20-12-. The number of aliphatic carboxylic acids is 1. The molecule has 2 aromatic carbocycles. The second-order valence-corrected chi connectivity index (χ2v) is 8.98. The molecule has 0 fully saturated rings. The summed E-state index contributed by atoms with van der Waals surface area (Å²) in [5.41, 5.74) is 0.791. The Morgan fingerprint density at radius 2 is 1.86 bits per heavy atom. The van der Waals surface area contributed by atoms with E-state index in [4.69, 9.17) is 27.6 Å². The van der Waals surface area contributed by atoms with Crippen LogP contribution in [0.25, 0.3) is 28.8 Å². The number of rotatable bonds is 8. The van der Waals surface area contributed by atoms with Crippen molar-refractivity contribution in [3.63, 3.8) is 0 Å². The molecule has 2 aromatic heterocycles. The number of carboxylic acids is 1. The summed E-state index contributed by atoms with van der Waals surface area (Å²) in [5.74, 6) is -0.207. The van der Waals surface area contributed by atoms with Gasteiger partial charge in [0.1, 0.15) is 16.4 Å². The average molecular weight is 531 g/mol. The number of halogens is 2. The van der Waals surface area contributed by atoms with Crippen molar-refractivity contribution >= 4 is 52.7 Å². The van der Waals surface area contributed by atoms with Crippen molar-refractivity contribution in [2.45, 2.75) is 18.6 Å². The molecule has 12 heteroatoms. The summed E-state index contributed by atoms with van der Waals surface area (Å²) in [6, 6.07) is 14.4. The minimum absolute atomic E-state index is 0.0683. The monoisotopic (exact) mass is 530 g/mol. The second-order valence-electron chi connectivity index (χ2n) is 7.09. The lowest BCUT2D eigenvalue weighted by Crippen LogP contribution is -2.02. The molecule has 0 aliphatic rings. The summed E-state index contributed by atoms with van der Waals surface area (Å²) in [5, 5.41) is 30.7. The Balaban J connectivity index is 1.65. The van der Waals surface area contributed by atoms with Gasteiger partial charge in [-0.15, -0.1) is 10.2 Å². The summed E-state index contributed by atoms with van der Waals surface area (Å²) in [7, 11) is 0. The quantitative estimate of drug-likeness (QED) is 0.116. The number of carbonyl (C=O) groups is 1. The molecule has 2 heterocycles. The minimum atomic E-state index is -1.19. The van der Waals surface area contributed by atoms with E-state index in [0.717, 1.165) is 17.3 Å². The Hall–Kier alpha value is -3.60. The Morgan fingerprint density at radius 1 is 1.14 bits per heavy atom. The number of hydrogen-bond donors (Lipinski definition) is 1. The normalized spacial score (nSPS) is 11.6. The smallest absolute Gasteiger partial charge is 0.342 e. The number of nitrogens with zero attached hydrogens (tertiary/aromatic N) is 4. The Kier molecular flexibility index (Phi) is 7.25. The fourth-order valence-electron chi connectivity index (χ4n) is 3.26. The lowest BCUT2D eigenvalue weighted by molar-refractivity contribution is -0.384. The predicted molar refractivity (Wildman–Crippen MR) is 133 cm³/mol. The molecule has 1 N–H and O–H groups in total. The number of benzene rings is 2. The molecule has 9 nitrogen and oxygen atoms in total. The van der Waals surface area contributed by atoms with Crippen LogP contribution in [-0.2, 0) is 11.3 Å². The van der Waals surface area contributed by atoms with Crippen molar-refractivity contribution in [1.82, 2.24) is 14.8 Å². The Bertz CT molecular complexity index is 1450. The van der Waals surface area contributed by atoms with Crippen LogP contribution >= 0.6 is 35.0 Å². The van der Waals surface area contributed by atoms with Crippen molar-refractivity contribution in [2.75, 3.05) is 0 Å². The van der Waals surface area contributed by atoms with E-state index >= 15 is 0 Å². The van der Waals surface area contributed by atoms with Gasteiger partial charge in [-0.05, 0) is 67.2 Å². The second kappa shape index (κ2) is 10.3.